The molecule has 0 spiro atoms. The van der Waals surface area contributed by atoms with Crippen LogP contribution in [0, 0.1) is 0 Å². The molecule has 0 bridgehead atoms. The molecule has 0 aromatic heterocycles. The molecule has 0 amide bonds. The van der Waals surface area contributed by atoms with Crippen LogP contribution in [-0.2, 0) is 0 Å². The van der Waals surface area contributed by atoms with Gasteiger partial charge in [0.15, 0.2) is 0 Å². The van der Waals surface area contributed by atoms with Crippen LogP contribution in [0.25, 0.3) is 0 Å². The van der Waals surface area contributed by atoms with Crippen molar-refractivity contribution >= 4 is 0 Å². The van der Waals surface area contributed by atoms with Crippen molar-refractivity contribution < 1.29 is 0 Å². The lowest BCUT2D eigenvalue weighted by molar-refractivity contribution is 0.289. The van der Waals surface area contributed by atoms with Crippen molar-refractivity contribution in [3.8, 4) is 0 Å². The highest BCUT2D eigenvalue weighted by atomic mass is 15.1. The van der Waals surface area contributed by atoms with Gasteiger partial charge in [-0.2, -0.15) is 0 Å². The van der Waals surface area contributed by atoms with Crippen LogP contribution in [0.5, 0.6) is 0 Å². The fourth-order valence-corrected chi connectivity index (χ4v) is 1.25. The Bertz CT molecular complexity index is 138. The van der Waals surface area contributed by atoms with Crippen LogP contribution in [0.3, 0.4) is 0 Å². The van der Waals surface area contributed by atoms with Crippen LogP contribution < -0.4 is 5.73 Å². The SMILES string of the molecule is C=CCN(CC)CC1(N)CC1. The van der Waals surface area contributed by atoms with Crippen molar-refractivity contribution in [1.82, 2.24) is 4.90 Å². The zero-order valence-corrected chi connectivity index (χ0v) is 7.34. The molecule has 1 fully saturated rings. The predicted octanol–water partition coefficient (Wildman–Crippen LogP) is 0.986. The first-order valence-corrected chi connectivity index (χ1v) is 4.32. The summed E-state index contributed by atoms with van der Waals surface area (Å²) >= 11 is 0. The van der Waals surface area contributed by atoms with E-state index in [1.807, 2.05) is 6.08 Å². The van der Waals surface area contributed by atoms with Gasteiger partial charge in [-0.15, -0.1) is 6.58 Å². The summed E-state index contributed by atoms with van der Waals surface area (Å²) in [5.41, 5.74) is 6.13. The number of hydrogen-bond acceptors (Lipinski definition) is 2. The Kier molecular flexibility index (Phi) is 2.68. The third-order valence-corrected chi connectivity index (χ3v) is 2.27. The maximum Gasteiger partial charge on any atom is 0.0284 e. The highest BCUT2D eigenvalue weighted by Crippen LogP contribution is 2.32. The number of hydrogen-bond donors (Lipinski definition) is 1. The van der Waals surface area contributed by atoms with Gasteiger partial charge in [0, 0.05) is 18.6 Å². The molecule has 0 unspecified atom stereocenters. The first-order chi connectivity index (χ1) is 5.20. The molecule has 0 aliphatic heterocycles. The first-order valence-electron chi connectivity index (χ1n) is 4.32. The average Bonchev–Trinajstić information content (AvgIpc) is 2.68. The van der Waals surface area contributed by atoms with Crippen LogP contribution in [-0.4, -0.2) is 30.1 Å². The van der Waals surface area contributed by atoms with E-state index in [0.717, 1.165) is 19.6 Å². The highest BCUT2D eigenvalue weighted by molar-refractivity contribution is 5.01. The molecular formula is C9H18N2. The van der Waals surface area contributed by atoms with Crippen LogP contribution in [0.1, 0.15) is 19.8 Å². The summed E-state index contributed by atoms with van der Waals surface area (Å²) < 4.78 is 0. The molecule has 0 aromatic carbocycles. The standard InChI is InChI=1S/C9H18N2/c1-3-7-11(4-2)8-9(10)5-6-9/h3H,1,4-8,10H2,2H3. The van der Waals surface area contributed by atoms with Crippen LogP contribution in [0.2, 0.25) is 0 Å². The Balaban J connectivity index is 2.25. The molecular weight excluding hydrogens is 136 g/mol. The van der Waals surface area contributed by atoms with Gasteiger partial charge < -0.3 is 5.73 Å². The number of nitrogens with two attached hydrogens (primary N) is 1. The molecule has 1 aliphatic carbocycles. The van der Waals surface area contributed by atoms with Crippen molar-refractivity contribution in [2.75, 3.05) is 19.6 Å². The Hall–Kier alpha value is -0.340. The molecule has 2 heteroatoms. The lowest BCUT2D eigenvalue weighted by Crippen LogP contribution is -2.39. The molecule has 2 N–H and O–H groups in total. The second kappa shape index (κ2) is 3.37. The van der Waals surface area contributed by atoms with E-state index in [-0.39, 0.29) is 5.54 Å². The number of likely N-dealkylation sites (N-methyl/N-ethyl adjacent to an activating group) is 1. The van der Waals surface area contributed by atoms with E-state index in [1.54, 1.807) is 0 Å². The smallest absolute Gasteiger partial charge is 0.0284 e. The fraction of sp³-hybridized carbons (Fsp3) is 0.778. The van der Waals surface area contributed by atoms with Gasteiger partial charge in [-0.1, -0.05) is 13.0 Å². The maximum absolute atomic E-state index is 5.98. The van der Waals surface area contributed by atoms with Gasteiger partial charge >= 0.3 is 0 Å². The third-order valence-electron chi connectivity index (χ3n) is 2.27. The molecule has 0 saturated heterocycles. The molecule has 0 radical (unpaired) electrons. The monoisotopic (exact) mass is 154 g/mol. The second-order valence-corrected chi connectivity index (χ2v) is 3.48. The van der Waals surface area contributed by atoms with Crippen molar-refractivity contribution in [3.05, 3.63) is 12.7 Å². The van der Waals surface area contributed by atoms with E-state index in [4.69, 9.17) is 5.73 Å². The second-order valence-electron chi connectivity index (χ2n) is 3.48. The summed E-state index contributed by atoms with van der Waals surface area (Å²) in [7, 11) is 0. The van der Waals surface area contributed by atoms with Crippen molar-refractivity contribution in [1.29, 1.82) is 0 Å². The van der Waals surface area contributed by atoms with Gasteiger partial charge in [0.25, 0.3) is 0 Å². The van der Waals surface area contributed by atoms with E-state index in [1.165, 1.54) is 12.8 Å². The first kappa shape index (κ1) is 8.75. The zero-order valence-electron chi connectivity index (χ0n) is 7.34. The van der Waals surface area contributed by atoms with Gasteiger partial charge in [-0.25, -0.2) is 0 Å². The summed E-state index contributed by atoms with van der Waals surface area (Å²) in [5, 5.41) is 0. The Morgan fingerprint density at radius 2 is 2.27 bits per heavy atom. The van der Waals surface area contributed by atoms with Gasteiger partial charge in [0.2, 0.25) is 0 Å². The van der Waals surface area contributed by atoms with E-state index >= 15 is 0 Å². The largest absolute Gasteiger partial charge is 0.324 e. The zero-order chi connectivity index (χ0) is 8.32. The summed E-state index contributed by atoms with van der Waals surface area (Å²) in [4.78, 5) is 2.33. The van der Waals surface area contributed by atoms with Crippen molar-refractivity contribution in [2.45, 2.75) is 25.3 Å². The third kappa shape index (κ3) is 2.64. The summed E-state index contributed by atoms with van der Waals surface area (Å²) in [6.07, 6.45) is 4.33. The fourth-order valence-electron chi connectivity index (χ4n) is 1.25. The topological polar surface area (TPSA) is 29.3 Å². The van der Waals surface area contributed by atoms with E-state index in [2.05, 4.69) is 18.4 Å². The van der Waals surface area contributed by atoms with E-state index < -0.39 is 0 Å². The van der Waals surface area contributed by atoms with E-state index in [9.17, 15) is 0 Å². The minimum Gasteiger partial charge on any atom is -0.324 e. The van der Waals surface area contributed by atoms with Gasteiger partial charge in [-0.05, 0) is 19.4 Å². The molecule has 1 rings (SSSR count). The molecule has 1 aliphatic rings. The molecule has 64 valence electrons. The minimum atomic E-state index is 0.152. The summed E-state index contributed by atoms with van der Waals surface area (Å²) in [6.45, 7) is 8.96. The highest BCUT2D eigenvalue weighted by Gasteiger charge is 2.38. The maximum atomic E-state index is 5.98. The Morgan fingerprint density at radius 1 is 1.64 bits per heavy atom. The summed E-state index contributed by atoms with van der Waals surface area (Å²) in [5.74, 6) is 0. The molecule has 1 saturated carbocycles. The lowest BCUT2D eigenvalue weighted by atomic mass is 10.2. The predicted molar refractivity (Wildman–Crippen MR) is 48.5 cm³/mol. The quantitative estimate of drug-likeness (QED) is 0.598. The van der Waals surface area contributed by atoms with Crippen molar-refractivity contribution in [2.24, 2.45) is 5.73 Å². The minimum absolute atomic E-state index is 0.152. The van der Waals surface area contributed by atoms with Crippen LogP contribution >= 0.6 is 0 Å². The Labute approximate surface area is 69.1 Å². The molecule has 0 heterocycles. The van der Waals surface area contributed by atoms with Crippen molar-refractivity contribution in [3.63, 3.8) is 0 Å². The van der Waals surface area contributed by atoms with Gasteiger partial charge in [0.1, 0.15) is 0 Å². The molecule has 0 aromatic rings. The van der Waals surface area contributed by atoms with Crippen LogP contribution in [0.15, 0.2) is 12.7 Å². The number of rotatable bonds is 5. The normalized spacial score (nSPS) is 20.3. The van der Waals surface area contributed by atoms with Crippen LogP contribution in [0.4, 0.5) is 0 Å². The van der Waals surface area contributed by atoms with Gasteiger partial charge in [-0.3, -0.25) is 4.90 Å². The number of nitrogens with zero attached hydrogens (tertiary/aromatic N) is 1. The lowest BCUT2D eigenvalue weighted by Gasteiger charge is -2.22. The van der Waals surface area contributed by atoms with E-state index in [0.29, 0.717) is 0 Å². The molecule has 2 nitrogen and oxygen atoms in total. The summed E-state index contributed by atoms with van der Waals surface area (Å²) in [6, 6.07) is 0. The molecule has 0 atom stereocenters. The van der Waals surface area contributed by atoms with Gasteiger partial charge in [0.05, 0.1) is 0 Å². The Morgan fingerprint density at radius 3 is 2.64 bits per heavy atom. The average molecular weight is 154 g/mol. The molecule has 11 heavy (non-hydrogen) atoms.